The Morgan fingerprint density at radius 3 is 1.96 bits per heavy atom. The number of rotatable bonds is 11. The van der Waals surface area contributed by atoms with E-state index in [1.165, 1.54) is 17.2 Å². The summed E-state index contributed by atoms with van der Waals surface area (Å²) in [6.07, 6.45) is 9.42. The van der Waals surface area contributed by atoms with Crippen LogP contribution >= 0.6 is 15.6 Å². The van der Waals surface area contributed by atoms with Crippen molar-refractivity contribution in [3.63, 3.8) is 0 Å². The summed E-state index contributed by atoms with van der Waals surface area (Å²) >= 11 is 0. The third-order valence-corrected chi connectivity index (χ3v) is 5.08. The van der Waals surface area contributed by atoms with Gasteiger partial charge in [-0.1, -0.05) is 34.9 Å². The molecule has 0 saturated heterocycles. The highest BCUT2D eigenvalue weighted by atomic mass is 31.3. The molecule has 0 radical (unpaired) electrons. The van der Waals surface area contributed by atoms with E-state index in [0.29, 0.717) is 0 Å². The average Bonchev–Trinajstić information content (AvgIpc) is 2.34. The van der Waals surface area contributed by atoms with Crippen LogP contribution in [0.1, 0.15) is 53.4 Å². The van der Waals surface area contributed by atoms with E-state index in [2.05, 4.69) is 41.8 Å². The Morgan fingerprint density at radius 1 is 0.958 bits per heavy atom. The van der Waals surface area contributed by atoms with Crippen molar-refractivity contribution in [1.82, 2.24) is 0 Å². The molecule has 0 aliphatic rings. The van der Waals surface area contributed by atoms with Crippen molar-refractivity contribution in [2.45, 2.75) is 53.4 Å². The van der Waals surface area contributed by atoms with Gasteiger partial charge in [-0.2, -0.15) is 0 Å². The third kappa shape index (κ3) is 15.0. The normalized spacial score (nSPS) is 18.0. The molecular formula is C15H26O7P2-2. The van der Waals surface area contributed by atoms with Crippen LogP contribution in [0.2, 0.25) is 0 Å². The maximum absolute atomic E-state index is 11.1. The first kappa shape index (κ1) is 23.5. The molecule has 0 aromatic rings. The lowest BCUT2D eigenvalue weighted by Gasteiger charge is -2.26. The second-order valence-electron chi connectivity index (χ2n) is 5.75. The predicted octanol–water partition coefficient (Wildman–Crippen LogP) is 3.37. The molecule has 0 saturated carbocycles. The van der Waals surface area contributed by atoms with Crippen LogP contribution in [0.3, 0.4) is 0 Å². The fourth-order valence-corrected chi connectivity index (χ4v) is 3.22. The van der Waals surface area contributed by atoms with E-state index in [1.54, 1.807) is 0 Å². The first-order valence-electron chi connectivity index (χ1n) is 7.56. The Kier molecular flexibility index (Phi) is 10.9. The van der Waals surface area contributed by atoms with Gasteiger partial charge in [0.05, 0.1) is 6.61 Å². The molecule has 2 atom stereocenters. The number of allylic oxidation sites excluding steroid dienone is 5. The fourth-order valence-electron chi connectivity index (χ4n) is 1.76. The maximum Gasteiger partial charge on any atom is 0.274 e. The molecule has 140 valence electrons. The van der Waals surface area contributed by atoms with E-state index < -0.39 is 15.6 Å². The van der Waals surface area contributed by atoms with Crippen molar-refractivity contribution < 1.29 is 32.6 Å². The molecule has 0 aliphatic heterocycles. The monoisotopic (exact) mass is 380 g/mol. The van der Waals surface area contributed by atoms with Gasteiger partial charge in [-0.05, 0) is 53.4 Å². The summed E-state index contributed by atoms with van der Waals surface area (Å²) < 4.78 is 29.2. The molecule has 0 aliphatic carbocycles. The second kappa shape index (κ2) is 11.2. The second-order valence-corrected chi connectivity index (χ2v) is 8.50. The highest BCUT2D eigenvalue weighted by Gasteiger charge is 2.15. The predicted molar refractivity (Wildman–Crippen MR) is 89.9 cm³/mol. The highest BCUT2D eigenvalue weighted by molar-refractivity contribution is 7.59. The zero-order valence-electron chi connectivity index (χ0n) is 14.6. The van der Waals surface area contributed by atoms with Crippen molar-refractivity contribution in [2.24, 2.45) is 0 Å². The molecule has 0 bridgehead atoms. The van der Waals surface area contributed by atoms with Gasteiger partial charge in [-0.15, -0.1) is 0 Å². The summed E-state index contributed by atoms with van der Waals surface area (Å²) in [7, 11) is -10.4. The van der Waals surface area contributed by atoms with Gasteiger partial charge in [0.25, 0.3) is 15.6 Å². The number of hydrogen-bond acceptors (Lipinski definition) is 6. The Morgan fingerprint density at radius 2 is 1.46 bits per heavy atom. The van der Waals surface area contributed by atoms with E-state index in [-0.39, 0.29) is 6.61 Å². The van der Waals surface area contributed by atoms with Crippen LogP contribution in [-0.2, 0) is 18.0 Å². The van der Waals surface area contributed by atoms with E-state index in [1.807, 2.05) is 6.92 Å². The van der Waals surface area contributed by atoms with Crippen LogP contribution in [0.15, 0.2) is 34.9 Å². The molecule has 0 aromatic heterocycles. The standard InChI is InChI=1S/C15H28O7P2/c1-13(2)7-5-8-14(3)9-6-10-15(4)11-12-21-24(19,20)22-23(16,17)18/h7,9,11H,5-6,8,10,12H2,1-4H3,(H,19,20)(H2,16,17,18)/p-2/b14-9+,15-11+. The molecule has 9 heteroatoms. The molecule has 7 nitrogen and oxygen atoms in total. The fraction of sp³-hybridized carbons (Fsp3) is 0.600. The molecule has 0 rings (SSSR count). The van der Waals surface area contributed by atoms with Gasteiger partial charge in [-0.3, -0.25) is 9.13 Å². The minimum absolute atomic E-state index is 0.351. The van der Waals surface area contributed by atoms with Crippen LogP contribution in [0.5, 0.6) is 0 Å². The Bertz CT molecular complexity index is 568. The molecule has 0 aromatic carbocycles. The van der Waals surface area contributed by atoms with Gasteiger partial charge >= 0.3 is 0 Å². The van der Waals surface area contributed by atoms with Crippen molar-refractivity contribution in [3.8, 4) is 0 Å². The first-order chi connectivity index (χ1) is 10.9. The maximum atomic E-state index is 11.1. The number of phosphoric ester groups is 1. The van der Waals surface area contributed by atoms with Crippen LogP contribution in [0.25, 0.3) is 0 Å². The van der Waals surface area contributed by atoms with Gasteiger partial charge in [0.2, 0.25) is 0 Å². The Labute approximate surface area is 143 Å². The topological polar surface area (TPSA) is 119 Å². The van der Waals surface area contributed by atoms with E-state index in [4.69, 9.17) is 4.89 Å². The largest absolute Gasteiger partial charge is 0.756 e. The third-order valence-electron chi connectivity index (χ3n) is 2.99. The highest BCUT2D eigenvalue weighted by Crippen LogP contribution is 2.52. The van der Waals surface area contributed by atoms with Crippen molar-refractivity contribution in [2.75, 3.05) is 6.61 Å². The molecule has 0 heterocycles. The molecule has 1 N–H and O–H groups in total. The molecular weight excluding hydrogens is 354 g/mol. The quantitative estimate of drug-likeness (QED) is 0.431. The van der Waals surface area contributed by atoms with Crippen molar-refractivity contribution >= 4 is 15.6 Å². The molecule has 24 heavy (non-hydrogen) atoms. The van der Waals surface area contributed by atoms with Crippen molar-refractivity contribution in [1.29, 1.82) is 0 Å². The molecule has 2 unspecified atom stereocenters. The summed E-state index contributed by atoms with van der Waals surface area (Å²) in [6, 6.07) is 0. The Hall–Kier alpha value is -0.520. The SMILES string of the molecule is CC(C)=CCC/C(C)=C/CC/C(C)=C/COP(=O)([O-])OP(=O)([O-])O. The lowest BCUT2D eigenvalue weighted by atomic mass is 10.1. The van der Waals surface area contributed by atoms with Crippen molar-refractivity contribution in [3.05, 3.63) is 34.9 Å². The van der Waals surface area contributed by atoms with Crippen LogP contribution < -0.4 is 9.79 Å². The summed E-state index contributed by atoms with van der Waals surface area (Å²) in [5.74, 6) is 0. The van der Waals surface area contributed by atoms with E-state index >= 15 is 0 Å². The number of hydrogen-bond donors (Lipinski definition) is 1. The minimum atomic E-state index is -5.38. The summed E-state index contributed by atoms with van der Waals surface area (Å²) in [6.45, 7) is 7.67. The summed E-state index contributed by atoms with van der Waals surface area (Å²) in [5.41, 5.74) is 3.50. The summed E-state index contributed by atoms with van der Waals surface area (Å²) in [5, 5.41) is 0. The zero-order chi connectivity index (χ0) is 18.8. The summed E-state index contributed by atoms with van der Waals surface area (Å²) in [4.78, 5) is 29.8. The average molecular weight is 380 g/mol. The van der Waals surface area contributed by atoms with Crippen LogP contribution in [0.4, 0.5) is 0 Å². The van der Waals surface area contributed by atoms with Gasteiger partial charge < -0.3 is 19.2 Å². The van der Waals surface area contributed by atoms with Gasteiger partial charge in [-0.25, -0.2) is 4.31 Å². The first-order valence-corrected chi connectivity index (χ1v) is 10.5. The Balaban J connectivity index is 4.18. The number of phosphoric acid groups is 2. The van der Waals surface area contributed by atoms with Crippen LogP contribution in [0, 0.1) is 0 Å². The lowest BCUT2D eigenvalue weighted by Crippen LogP contribution is -2.11. The van der Waals surface area contributed by atoms with E-state index in [0.717, 1.165) is 31.3 Å². The minimum Gasteiger partial charge on any atom is -0.756 e. The molecule has 0 amide bonds. The molecule has 0 fully saturated rings. The van der Waals surface area contributed by atoms with Gasteiger partial charge in [0, 0.05) is 0 Å². The van der Waals surface area contributed by atoms with Gasteiger partial charge in [0.1, 0.15) is 0 Å². The zero-order valence-corrected chi connectivity index (χ0v) is 16.3. The lowest BCUT2D eigenvalue weighted by molar-refractivity contribution is -0.240. The smallest absolute Gasteiger partial charge is 0.274 e. The van der Waals surface area contributed by atoms with Gasteiger partial charge in [0.15, 0.2) is 0 Å². The van der Waals surface area contributed by atoms with E-state index in [9.17, 15) is 18.9 Å². The van der Waals surface area contributed by atoms with Crippen LogP contribution in [-0.4, -0.2) is 11.5 Å². The molecule has 0 spiro atoms.